The summed E-state index contributed by atoms with van der Waals surface area (Å²) in [4.78, 5) is 53.6. The molecule has 1 aromatic heterocycles. The number of hydrogen-bond acceptors (Lipinski definition) is 6. The van der Waals surface area contributed by atoms with Crippen molar-refractivity contribution in [1.29, 1.82) is 5.26 Å². The molecule has 0 bridgehead atoms. The maximum absolute atomic E-state index is 15.3. The van der Waals surface area contributed by atoms with Gasteiger partial charge in [0.2, 0.25) is 5.92 Å². The van der Waals surface area contributed by atoms with E-state index in [2.05, 4.69) is 10.6 Å². The van der Waals surface area contributed by atoms with Crippen LogP contribution in [0.1, 0.15) is 38.3 Å². The van der Waals surface area contributed by atoms with Gasteiger partial charge in [0.1, 0.15) is 17.7 Å². The lowest BCUT2D eigenvalue weighted by Crippen LogP contribution is -2.51. The quantitative estimate of drug-likeness (QED) is 0.378. The first-order valence-electron chi connectivity index (χ1n) is 13.9. The van der Waals surface area contributed by atoms with E-state index in [4.69, 9.17) is 21.6 Å². The van der Waals surface area contributed by atoms with Crippen LogP contribution in [-0.2, 0) is 16.1 Å². The molecule has 0 spiro atoms. The Morgan fingerprint density at radius 1 is 1.11 bits per heavy atom. The second kappa shape index (κ2) is 12.2. The van der Waals surface area contributed by atoms with Gasteiger partial charge in [-0.1, -0.05) is 11.6 Å². The Kier molecular flexibility index (Phi) is 8.65. The van der Waals surface area contributed by atoms with Crippen molar-refractivity contribution >= 4 is 45.8 Å². The standard InChI is InChI=1S/C29H27ClF4N6O5/c1-14(2)40-23-8-20(32)21(6-17(23)26(42)39(28(40)44)12-15-9-29(33,34)10-15)37-27(43)38-3-4-45-24(13-38)25(41)36-22-7-18(30)16(11-35)5-19(22)31/h5-8,14-15,24H,3-4,9-10,12-13H2,1-2H3,(H,36,41)(H,37,43). The van der Waals surface area contributed by atoms with Crippen molar-refractivity contribution in [2.24, 2.45) is 5.92 Å². The second-order valence-corrected chi connectivity index (χ2v) is 11.7. The number of anilines is 2. The van der Waals surface area contributed by atoms with Crippen molar-refractivity contribution in [3.05, 3.63) is 67.3 Å². The molecule has 3 amide bonds. The molecule has 45 heavy (non-hydrogen) atoms. The molecule has 1 atom stereocenters. The molecule has 3 aromatic rings. The lowest BCUT2D eigenvalue weighted by atomic mass is 9.81. The number of halogens is 5. The van der Waals surface area contributed by atoms with Crippen molar-refractivity contribution in [3.8, 4) is 6.07 Å². The topological polar surface area (TPSA) is 138 Å². The Morgan fingerprint density at radius 3 is 2.42 bits per heavy atom. The summed E-state index contributed by atoms with van der Waals surface area (Å²) in [7, 11) is 0. The van der Waals surface area contributed by atoms with E-state index in [1.807, 2.05) is 0 Å². The lowest BCUT2D eigenvalue weighted by molar-refractivity contribution is -0.131. The molecule has 1 saturated carbocycles. The molecule has 2 heterocycles. The van der Waals surface area contributed by atoms with E-state index < -0.39 is 71.6 Å². The van der Waals surface area contributed by atoms with Gasteiger partial charge in [0, 0.05) is 38.0 Å². The van der Waals surface area contributed by atoms with E-state index in [0.29, 0.717) is 0 Å². The van der Waals surface area contributed by atoms with Crippen LogP contribution in [-0.4, -0.2) is 57.7 Å². The highest BCUT2D eigenvalue weighted by Crippen LogP contribution is 2.42. The number of urea groups is 1. The molecule has 16 heteroatoms. The highest BCUT2D eigenvalue weighted by molar-refractivity contribution is 6.32. The molecule has 238 valence electrons. The number of rotatable bonds is 6. The minimum atomic E-state index is -2.85. The number of benzene rings is 2. The van der Waals surface area contributed by atoms with Gasteiger partial charge in [-0.05, 0) is 38.0 Å². The van der Waals surface area contributed by atoms with Crippen LogP contribution in [0.25, 0.3) is 10.9 Å². The number of morpholine rings is 1. The first kappa shape index (κ1) is 32.0. The lowest BCUT2D eigenvalue weighted by Gasteiger charge is -2.35. The normalized spacial score (nSPS) is 18.0. The second-order valence-electron chi connectivity index (χ2n) is 11.3. The van der Waals surface area contributed by atoms with Gasteiger partial charge in [0.25, 0.3) is 11.5 Å². The molecular formula is C29H27ClF4N6O5. The molecule has 1 unspecified atom stereocenters. The number of hydrogen-bond donors (Lipinski definition) is 2. The van der Waals surface area contributed by atoms with E-state index in [9.17, 15) is 32.3 Å². The molecule has 11 nitrogen and oxygen atoms in total. The molecule has 2 fully saturated rings. The summed E-state index contributed by atoms with van der Waals surface area (Å²) in [6.45, 7) is 2.68. The Bertz CT molecular complexity index is 1860. The van der Waals surface area contributed by atoms with Gasteiger partial charge >= 0.3 is 11.7 Å². The van der Waals surface area contributed by atoms with Crippen LogP contribution in [0.3, 0.4) is 0 Å². The number of nitrogens with one attached hydrogen (secondary N) is 2. The minimum Gasteiger partial charge on any atom is -0.365 e. The van der Waals surface area contributed by atoms with Crippen molar-refractivity contribution in [2.45, 2.75) is 51.3 Å². The van der Waals surface area contributed by atoms with Crippen LogP contribution >= 0.6 is 11.6 Å². The van der Waals surface area contributed by atoms with Crippen LogP contribution in [0.5, 0.6) is 0 Å². The highest BCUT2D eigenvalue weighted by Gasteiger charge is 2.45. The van der Waals surface area contributed by atoms with Crippen molar-refractivity contribution < 1.29 is 31.9 Å². The average Bonchev–Trinajstić information content (AvgIpc) is 2.96. The van der Waals surface area contributed by atoms with Crippen molar-refractivity contribution in [3.63, 3.8) is 0 Å². The van der Waals surface area contributed by atoms with Gasteiger partial charge in [0.05, 0.1) is 46.0 Å². The zero-order chi connectivity index (χ0) is 32.8. The Labute approximate surface area is 257 Å². The van der Waals surface area contributed by atoms with Gasteiger partial charge in [-0.2, -0.15) is 5.26 Å². The molecule has 2 aromatic carbocycles. The largest absolute Gasteiger partial charge is 0.365 e. The predicted molar refractivity (Wildman–Crippen MR) is 156 cm³/mol. The zero-order valence-corrected chi connectivity index (χ0v) is 24.8. The van der Waals surface area contributed by atoms with Crippen LogP contribution < -0.4 is 21.9 Å². The van der Waals surface area contributed by atoms with Gasteiger partial charge < -0.3 is 20.3 Å². The van der Waals surface area contributed by atoms with Crippen molar-refractivity contribution in [2.75, 3.05) is 30.3 Å². The smallest absolute Gasteiger partial charge is 0.331 e. The summed E-state index contributed by atoms with van der Waals surface area (Å²) in [6.07, 6.45) is -2.16. The third-order valence-corrected chi connectivity index (χ3v) is 8.02. The van der Waals surface area contributed by atoms with E-state index in [1.54, 1.807) is 19.9 Å². The van der Waals surface area contributed by atoms with Gasteiger partial charge in [0.15, 0.2) is 6.10 Å². The summed E-state index contributed by atoms with van der Waals surface area (Å²) < 4.78 is 64.0. The van der Waals surface area contributed by atoms with E-state index in [0.717, 1.165) is 33.7 Å². The minimum absolute atomic E-state index is 0.00753. The number of nitriles is 1. The number of alkyl halides is 2. The highest BCUT2D eigenvalue weighted by atomic mass is 35.5. The SMILES string of the molecule is CC(C)n1c(=O)n(CC2CC(F)(F)C2)c(=O)c2cc(NC(=O)N3CCOC(C(=O)Nc4cc(Cl)c(C#N)cc4F)C3)c(F)cc21. The Morgan fingerprint density at radius 2 is 1.78 bits per heavy atom. The number of carbonyl (C=O) groups excluding carboxylic acids is 2. The number of aromatic nitrogens is 2. The Balaban J connectivity index is 1.36. The average molecular weight is 651 g/mol. The fourth-order valence-electron chi connectivity index (χ4n) is 5.45. The monoisotopic (exact) mass is 650 g/mol. The molecular weight excluding hydrogens is 624 g/mol. The zero-order valence-electron chi connectivity index (χ0n) is 24.0. The molecule has 1 saturated heterocycles. The first-order chi connectivity index (χ1) is 21.2. The number of ether oxygens (including phenoxy) is 1. The molecule has 1 aliphatic carbocycles. The maximum atomic E-state index is 15.3. The number of amides is 3. The van der Waals surface area contributed by atoms with Gasteiger partial charge in [-0.15, -0.1) is 0 Å². The molecule has 0 radical (unpaired) electrons. The first-order valence-corrected chi connectivity index (χ1v) is 14.3. The maximum Gasteiger partial charge on any atom is 0.331 e. The fraction of sp³-hybridized carbons (Fsp3) is 0.414. The predicted octanol–water partition coefficient (Wildman–Crippen LogP) is 4.46. The molecule has 5 rings (SSSR count). The molecule has 1 aliphatic heterocycles. The van der Waals surface area contributed by atoms with Crippen LogP contribution in [0.15, 0.2) is 33.9 Å². The third kappa shape index (κ3) is 6.38. The summed E-state index contributed by atoms with van der Waals surface area (Å²) >= 11 is 5.92. The van der Waals surface area contributed by atoms with E-state index in [1.165, 1.54) is 4.57 Å². The van der Waals surface area contributed by atoms with Gasteiger partial charge in [-0.25, -0.2) is 27.2 Å². The third-order valence-electron chi connectivity index (χ3n) is 7.71. The van der Waals surface area contributed by atoms with E-state index >= 15 is 4.39 Å². The van der Waals surface area contributed by atoms with Crippen LogP contribution in [0.4, 0.5) is 33.7 Å². The summed E-state index contributed by atoms with van der Waals surface area (Å²) in [5, 5.41) is 13.5. The van der Waals surface area contributed by atoms with Crippen LogP contribution in [0.2, 0.25) is 5.02 Å². The summed E-state index contributed by atoms with van der Waals surface area (Å²) in [6, 6.07) is 4.32. The van der Waals surface area contributed by atoms with E-state index in [-0.39, 0.29) is 59.1 Å². The Hall–Kier alpha value is -4.42. The number of carbonyl (C=O) groups is 2. The number of fused-ring (bicyclic) bond motifs is 1. The van der Waals surface area contributed by atoms with Crippen LogP contribution in [0, 0.1) is 28.9 Å². The van der Waals surface area contributed by atoms with Crippen molar-refractivity contribution in [1.82, 2.24) is 14.0 Å². The molecule has 2 aliphatic rings. The summed E-state index contributed by atoms with van der Waals surface area (Å²) in [5.74, 6) is -6.10. The number of nitrogens with zero attached hydrogens (tertiary/aromatic N) is 4. The van der Waals surface area contributed by atoms with Gasteiger partial charge in [-0.3, -0.25) is 18.7 Å². The summed E-state index contributed by atoms with van der Waals surface area (Å²) in [5.41, 5.74) is -2.40. The fourth-order valence-corrected chi connectivity index (χ4v) is 5.66. The molecule has 2 N–H and O–H groups in total.